The van der Waals surface area contributed by atoms with Crippen molar-refractivity contribution in [3.63, 3.8) is 0 Å². The molecule has 1 amide bonds. The average Bonchev–Trinajstić information content (AvgIpc) is 3.25. The lowest BCUT2D eigenvalue weighted by Gasteiger charge is -2.17. The number of thiophene rings is 1. The lowest BCUT2D eigenvalue weighted by molar-refractivity contribution is -0.0498. The Kier molecular flexibility index (Phi) is 5.63. The van der Waals surface area contributed by atoms with Gasteiger partial charge in [-0.1, -0.05) is 18.2 Å². The molecular weight excluding hydrogens is 378 g/mol. The molecule has 0 spiro atoms. The Morgan fingerprint density at radius 3 is 2.62 bits per heavy atom. The number of hydrogen-bond acceptors (Lipinski definition) is 5. The Labute approximate surface area is 157 Å². The molecule has 0 aliphatic rings. The van der Waals surface area contributed by atoms with Crippen LogP contribution >= 0.6 is 22.7 Å². The van der Waals surface area contributed by atoms with Crippen molar-refractivity contribution in [2.24, 2.45) is 0 Å². The number of hydrogen-bond donors (Lipinski definition) is 0. The zero-order valence-electron chi connectivity index (χ0n) is 14.1. The molecule has 2 aromatic heterocycles. The molecule has 8 heteroatoms. The molecule has 0 saturated heterocycles. The van der Waals surface area contributed by atoms with Crippen LogP contribution in [0.3, 0.4) is 0 Å². The number of rotatable bonds is 6. The van der Waals surface area contributed by atoms with Crippen LogP contribution in [-0.4, -0.2) is 29.5 Å². The Balaban J connectivity index is 1.70. The molecular formula is C18H16F2N2O2S2. The number of carbonyl (C=O) groups is 1. The van der Waals surface area contributed by atoms with Crippen LogP contribution in [0.1, 0.15) is 20.9 Å². The highest BCUT2D eigenvalue weighted by Gasteiger charge is 2.20. The lowest BCUT2D eigenvalue weighted by atomic mass is 10.2. The van der Waals surface area contributed by atoms with Gasteiger partial charge in [-0.25, -0.2) is 4.98 Å². The van der Waals surface area contributed by atoms with Crippen LogP contribution in [0.2, 0.25) is 0 Å². The topological polar surface area (TPSA) is 42.4 Å². The van der Waals surface area contributed by atoms with Crippen LogP contribution in [-0.2, 0) is 6.54 Å². The quantitative estimate of drug-likeness (QED) is 0.587. The van der Waals surface area contributed by atoms with Gasteiger partial charge in [0.2, 0.25) is 0 Å². The molecule has 1 aromatic carbocycles. The summed E-state index contributed by atoms with van der Waals surface area (Å²) < 4.78 is 28.7. The fourth-order valence-corrected chi connectivity index (χ4v) is 4.25. The van der Waals surface area contributed by atoms with Gasteiger partial charge in [0.1, 0.15) is 15.6 Å². The van der Waals surface area contributed by atoms with Crippen molar-refractivity contribution in [1.82, 2.24) is 9.88 Å². The number of aromatic nitrogens is 1. The smallest absolute Gasteiger partial charge is 0.387 e. The predicted molar refractivity (Wildman–Crippen MR) is 99.0 cm³/mol. The minimum absolute atomic E-state index is 0.0941. The van der Waals surface area contributed by atoms with Crippen molar-refractivity contribution in [3.8, 4) is 15.6 Å². The van der Waals surface area contributed by atoms with Gasteiger partial charge in [0.15, 0.2) is 0 Å². The van der Waals surface area contributed by atoms with Crippen LogP contribution in [0, 0.1) is 6.92 Å². The van der Waals surface area contributed by atoms with E-state index in [-0.39, 0.29) is 11.7 Å². The van der Waals surface area contributed by atoms with Crippen molar-refractivity contribution in [3.05, 3.63) is 57.9 Å². The number of carbonyl (C=O) groups excluding carboxylic acids is 1. The normalized spacial score (nSPS) is 11.0. The van der Waals surface area contributed by atoms with Gasteiger partial charge < -0.3 is 9.64 Å². The minimum atomic E-state index is -2.85. The molecule has 0 aliphatic carbocycles. The van der Waals surface area contributed by atoms with Crippen molar-refractivity contribution in [2.45, 2.75) is 20.1 Å². The first-order chi connectivity index (χ1) is 12.4. The summed E-state index contributed by atoms with van der Waals surface area (Å²) in [6, 6.07) is 10.2. The van der Waals surface area contributed by atoms with Gasteiger partial charge in [0, 0.05) is 13.6 Å². The van der Waals surface area contributed by atoms with Crippen LogP contribution in [0.25, 0.3) is 9.88 Å². The predicted octanol–water partition coefficient (Wildman–Crippen LogP) is 5.05. The summed E-state index contributed by atoms with van der Waals surface area (Å²) in [5, 5.41) is 2.81. The Morgan fingerprint density at radius 1 is 1.27 bits per heavy atom. The van der Waals surface area contributed by atoms with Crippen LogP contribution in [0.15, 0.2) is 41.8 Å². The Morgan fingerprint density at radius 2 is 2.00 bits per heavy atom. The molecule has 0 aliphatic heterocycles. The van der Waals surface area contributed by atoms with E-state index in [0.717, 1.165) is 15.4 Å². The molecule has 0 atom stereocenters. The third-order valence-corrected chi connectivity index (χ3v) is 5.82. The van der Waals surface area contributed by atoms with Gasteiger partial charge >= 0.3 is 6.61 Å². The molecule has 4 nitrogen and oxygen atoms in total. The molecule has 0 unspecified atom stereocenters. The lowest BCUT2D eigenvalue weighted by Crippen LogP contribution is -2.26. The van der Waals surface area contributed by atoms with Crippen LogP contribution in [0.4, 0.5) is 8.78 Å². The number of alkyl halides is 2. The number of halogens is 2. The third kappa shape index (κ3) is 4.25. The maximum Gasteiger partial charge on any atom is 0.387 e. The summed E-state index contributed by atoms with van der Waals surface area (Å²) >= 11 is 2.96. The van der Waals surface area contributed by atoms with E-state index >= 15 is 0 Å². The van der Waals surface area contributed by atoms with Crippen LogP contribution in [0.5, 0.6) is 5.75 Å². The highest BCUT2D eigenvalue weighted by atomic mass is 32.1. The van der Waals surface area contributed by atoms with E-state index in [1.807, 2.05) is 24.4 Å². The van der Waals surface area contributed by atoms with Gasteiger partial charge in [-0.05, 0) is 36.1 Å². The van der Waals surface area contributed by atoms with Gasteiger partial charge in [-0.15, -0.1) is 22.7 Å². The number of ether oxygens (including phenoxy) is 1. The first-order valence-electron chi connectivity index (χ1n) is 7.74. The van der Waals surface area contributed by atoms with Crippen molar-refractivity contribution < 1.29 is 18.3 Å². The second-order valence-electron chi connectivity index (χ2n) is 5.59. The Hall–Kier alpha value is -2.32. The number of amides is 1. The zero-order valence-corrected chi connectivity index (χ0v) is 15.7. The van der Waals surface area contributed by atoms with Gasteiger partial charge in [-0.3, -0.25) is 4.79 Å². The summed E-state index contributed by atoms with van der Waals surface area (Å²) in [6.45, 7) is -0.665. The van der Waals surface area contributed by atoms with Crippen molar-refractivity contribution in [2.75, 3.05) is 7.05 Å². The number of benzene rings is 1. The van der Waals surface area contributed by atoms with Crippen molar-refractivity contribution >= 4 is 28.6 Å². The van der Waals surface area contributed by atoms with Gasteiger partial charge in [0.25, 0.3) is 5.91 Å². The SMILES string of the molecule is Cc1nc(-c2cccs2)sc1C(=O)N(C)Cc1ccc(OC(F)F)cc1. The molecule has 3 rings (SSSR count). The highest BCUT2D eigenvalue weighted by Crippen LogP contribution is 2.31. The van der Waals surface area contributed by atoms with E-state index in [1.165, 1.54) is 23.5 Å². The summed E-state index contributed by atoms with van der Waals surface area (Å²) in [7, 11) is 1.70. The highest BCUT2D eigenvalue weighted by molar-refractivity contribution is 7.22. The van der Waals surface area contributed by atoms with Gasteiger partial charge in [0.05, 0.1) is 10.6 Å². The molecule has 26 heavy (non-hydrogen) atoms. The minimum Gasteiger partial charge on any atom is -0.435 e. The maximum absolute atomic E-state index is 12.7. The number of nitrogens with zero attached hydrogens (tertiary/aromatic N) is 2. The number of aryl methyl sites for hydroxylation is 1. The fourth-order valence-electron chi connectivity index (χ4n) is 2.40. The Bertz CT molecular complexity index is 877. The molecule has 0 radical (unpaired) electrons. The molecule has 0 saturated carbocycles. The second kappa shape index (κ2) is 7.92. The first-order valence-corrected chi connectivity index (χ1v) is 9.44. The van der Waals surface area contributed by atoms with E-state index in [1.54, 1.807) is 35.4 Å². The summed E-state index contributed by atoms with van der Waals surface area (Å²) in [6.07, 6.45) is 0. The van der Waals surface area contributed by atoms with Crippen LogP contribution < -0.4 is 4.74 Å². The molecule has 0 N–H and O–H groups in total. The third-order valence-electron chi connectivity index (χ3n) is 3.64. The summed E-state index contributed by atoms with van der Waals surface area (Å²) in [5.74, 6) is -0.0210. The summed E-state index contributed by atoms with van der Waals surface area (Å²) in [4.78, 5) is 20.5. The first kappa shape index (κ1) is 18.5. The molecule has 0 bridgehead atoms. The van der Waals surface area contributed by atoms with Crippen molar-refractivity contribution in [1.29, 1.82) is 0 Å². The summed E-state index contributed by atoms with van der Waals surface area (Å²) in [5.41, 5.74) is 1.53. The molecule has 136 valence electrons. The largest absolute Gasteiger partial charge is 0.435 e. The standard InChI is InChI=1S/C18H16F2N2O2S2/c1-11-15(26-16(21-11)14-4-3-9-25-14)17(23)22(2)10-12-5-7-13(8-6-12)24-18(19)20/h3-9,18H,10H2,1-2H3. The van der Waals surface area contributed by atoms with Gasteiger partial charge in [-0.2, -0.15) is 8.78 Å². The average molecular weight is 394 g/mol. The van der Waals surface area contributed by atoms with E-state index in [9.17, 15) is 13.6 Å². The van der Waals surface area contributed by atoms with E-state index in [4.69, 9.17) is 0 Å². The molecule has 0 fully saturated rings. The fraction of sp³-hybridized carbons (Fsp3) is 0.222. The monoisotopic (exact) mass is 394 g/mol. The second-order valence-corrected chi connectivity index (χ2v) is 7.54. The van der Waals surface area contributed by atoms with E-state index < -0.39 is 6.61 Å². The molecule has 2 heterocycles. The number of thiazole rings is 1. The van der Waals surface area contributed by atoms with E-state index in [0.29, 0.717) is 17.1 Å². The van der Waals surface area contributed by atoms with E-state index in [2.05, 4.69) is 9.72 Å². The maximum atomic E-state index is 12.7. The zero-order chi connectivity index (χ0) is 18.7. The molecule has 3 aromatic rings.